The van der Waals surface area contributed by atoms with E-state index in [0.717, 1.165) is 5.56 Å². The van der Waals surface area contributed by atoms with Gasteiger partial charge in [-0.05, 0) is 17.7 Å². The average Bonchev–Trinajstić information content (AvgIpc) is 2.04. The van der Waals surface area contributed by atoms with Crippen LogP contribution in [0.1, 0.15) is 5.56 Å². The number of rotatable bonds is 3. The summed E-state index contributed by atoms with van der Waals surface area (Å²) < 4.78 is 34.7. The Labute approximate surface area is 76.9 Å². The third-order valence-electron chi connectivity index (χ3n) is 1.53. The van der Waals surface area contributed by atoms with Crippen LogP contribution in [0.25, 0.3) is 0 Å². The Hall–Kier alpha value is -0.910. The van der Waals surface area contributed by atoms with Gasteiger partial charge in [0.2, 0.25) is 0 Å². The van der Waals surface area contributed by atoms with Gasteiger partial charge in [0, 0.05) is 7.11 Å². The molecule has 13 heavy (non-hydrogen) atoms. The molecule has 0 aliphatic heterocycles. The van der Waals surface area contributed by atoms with Gasteiger partial charge in [0.25, 0.3) is 10.1 Å². The minimum Gasteiger partial charge on any atom is -0.380 e. The molecule has 0 aromatic heterocycles. The highest BCUT2D eigenvalue weighted by molar-refractivity contribution is 7.85. The van der Waals surface area contributed by atoms with Crippen LogP contribution >= 0.6 is 0 Å². The summed E-state index contributed by atoms with van der Waals surface area (Å²) in [6.07, 6.45) is 0. The van der Waals surface area contributed by atoms with Gasteiger partial charge in [-0.2, -0.15) is 8.42 Å². The summed E-state index contributed by atoms with van der Waals surface area (Å²) in [7, 11) is -2.52. The van der Waals surface area contributed by atoms with Crippen LogP contribution < -0.4 is 0 Å². The fourth-order valence-corrected chi connectivity index (χ4v) is 1.40. The second kappa shape index (κ2) is 3.87. The molecule has 5 heteroatoms. The van der Waals surface area contributed by atoms with Gasteiger partial charge >= 0.3 is 0 Å². The molecule has 0 aliphatic rings. The highest BCUT2D eigenvalue weighted by Gasteiger charge is 2.07. The Morgan fingerprint density at radius 3 is 2.23 bits per heavy atom. The Bertz CT molecular complexity index is 366. The first-order valence-electron chi connectivity index (χ1n) is 3.59. The second-order valence-electron chi connectivity index (χ2n) is 2.55. The minimum atomic E-state index is -4.08. The molecule has 1 rings (SSSR count). The number of methoxy groups -OCH3 is 1. The van der Waals surface area contributed by atoms with Gasteiger partial charge < -0.3 is 4.74 Å². The van der Waals surface area contributed by atoms with Gasteiger partial charge in [0.15, 0.2) is 0 Å². The van der Waals surface area contributed by atoms with E-state index in [9.17, 15) is 8.42 Å². The van der Waals surface area contributed by atoms with Gasteiger partial charge in [-0.3, -0.25) is 4.55 Å². The summed E-state index contributed by atoms with van der Waals surface area (Å²) >= 11 is 0. The number of benzene rings is 1. The zero-order chi connectivity index (χ0) is 9.90. The van der Waals surface area contributed by atoms with Crippen LogP contribution in [0.2, 0.25) is 0 Å². The number of hydrogen-bond acceptors (Lipinski definition) is 3. The lowest BCUT2D eigenvalue weighted by atomic mass is 10.2. The normalized spacial score (nSPS) is 11.5. The zero-order valence-corrected chi connectivity index (χ0v) is 7.91. The van der Waals surface area contributed by atoms with Gasteiger partial charge in [0.05, 0.1) is 11.5 Å². The van der Waals surface area contributed by atoms with E-state index in [0.29, 0.717) is 6.61 Å². The largest absolute Gasteiger partial charge is 0.380 e. The van der Waals surface area contributed by atoms with Crippen LogP contribution in [0.15, 0.2) is 29.2 Å². The molecule has 0 fully saturated rings. The topological polar surface area (TPSA) is 63.6 Å². The van der Waals surface area contributed by atoms with Gasteiger partial charge in [-0.1, -0.05) is 12.1 Å². The molecule has 1 aromatic rings. The average molecular weight is 202 g/mol. The van der Waals surface area contributed by atoms with Crippen molar-refractivity contribution in [3.05, 3.63) is 29.8 Å². The zero-order valence-electron chi connectivity index (χ0n) is 7.10. The third kappa shape index (κ3) is 2.80. The number of hydrogen-bond donors (Lipinski definition) is 1. The lowest BCUT2D eigenvalue weighted by Gasteiger charge is -2.00. The van der Waals surface area contributed by atoms with Crippen molar-refractivity contribution in [3.8, 4) is 0 Å². The fourth-order valence-electron chi connectivity index (χ4n) is 0.924. The van der Waals surface area contributed by atoms with Gasteiger partial charge in [-0.15, -0.1) is 0 Å². The first-order valence-corrected chi connectivity index (χ1v) is 5.03. The van der Waals surface area contributed by atoms with Gasteiger partial charge in [-0.25, -0.2) is 0 Å². The predicted octanol–water partition coefficient (Wildman–Crippen LogP) is 1.08. The Morgan fingerprint density at radius 1 is 1.31 bits per heavy atom. The van der Waals surface area contributed by atoms with Crippen LogP contribution in [0.3, 0.4) is 0 Å². The SMILES string of the molecule is COCc1ccc(S(=O)(=O)O)cc1. The van der Waals surface area contributed by atoms with Crippen LogP contribution in [0.5, 0.6) is 0 Å². The van der Waals surface area contributed by atoms with E-state index in [1.54, 1.807) is 19.2 Å². The summed E-state index contributed by atoms with van der Waals surface area (Å²) in [5.74, 6) is 0. The monoisotopic (exact) mass is 202 g/mol. The first-order chi connectivity index (χ1) is 6.04. The van der Waals surface area contributed by atoms with E-state index < -0.39 is 10.1 Å². The van der Waals surface area contributed by atoms with Crippen molar-refractivity contribution in [3.63, 3.8) is 0 Å². The molecule has 0 bridgehead atoms. The van der Waals surface area contributed by atoms with Gasteiger partial charge in [0.1, 0.15) is 0 Å². The van der Waals surface area contributed by atoms with Crippen molar-refractivity contribution in [2.45, 2.75) is 11.5 Å². The van der Waals surface area contributed by atoms with E-state index in [4.69, 9.17) is 9.29 Å². The van der Waals surface area contributed by atoms with E-state index in [-0.39, 0.29) is 4.90 Å². The summed E-state index contributed by atoms with van der Waals surface area (Å²) in [4.78, 5) is -0.104. The standard InChI is InChI=1S/C8H10O4S/c1-12-6-7-2-4-8(5-3-7)13(9,10)11/h2-5H,6H2,1H3,(H,9,10,11). The molecule has 0 aliphatic carbocycles. The lowest BCUT2D eigenvalue weighted by molar-refractivity contribution is 0.185. The smallest absolute Gasteiger partial charge is 0.294 e. The first kappa shape index (κ1) is 10.2. The molecule has 4 nitrogen and oxygen atoms in total. The van der Waals surface area contributed by atoms with Crippen molar-refractivity contribution < 1.29 is 17.7 Å². The van der Waals surface area contributed by atoms with Crippen LogP contribution in [-0.2, 0) is 21.5 Å². The maximum Gasteiger partial charge on any atom is 0.294 e. The Morgan fingerprint density at radius 2 is 1.85 bits per heavy atom. The number of ether oxygens (including phenoxy) is 1. The highest BCUT2D eigenvalue weighted by Crippen LogP contribution is 2.10. The summed E-state index contributed by atoms with van der Waals surface area (Å²) in [5.41, 5.74) is 0.856. The van der Waals surface area contributed by atoms with E-state index in [1.165, 1.54) is 12.1 Å². The van der Waals surface area contributed by atoms with Crippen molar-refractivity contribution >= 4 is 10.1 Å². The summed E-state index contributed by atoms with van der Waals surface area (Å²) in [6.45, 7) is 0.422. The highest BCUT2D eigenvalue weighted by atomic mass is 32.2. The summed E-state index contributed by atoms with van der Waals surface area (Å²) in [6, 6.07) is 5.85. The molecule has 0 spiro atoms. The molecule has 1 aromatic carbocycles. The van der Waals surface area contributed by atoms with Crippen LogP contribution in [0, 0.1) is 0 Å². The molecule has 0 saturated carbocycles. The second-order valence-corrected chi connectivity index (χ2v) is 3.97. The molecular formula is C8H10O4S. The van der Waals surface area contributed by atoms with Crippen molar-refractivity contribution in [1.29, 1.82) is 0 Å². The van der Waals surface area contributed by atoms with Crippen molar-refractivity contribution in [2.75, 3.05) is 7.11 Å². The molecule has 0 unspecified atom stereocenters. The molecule has 0 saturated heterocycles. The predicted molar refractivity (Wildman–Crippen MR) is 47.0 cm³/mol. The third-order valence-corrected chi connectivity index (χ3v) is 2.40. The van der Waals surface area contributed by atoms with Crippen LogP contribution in [0.4, 0.5) is 0 Å². The maximum atomic E-state index is 10.6. The van der Waals surface area contributed by atoms with Crippen LogP contribution in [-0.4, -0.2) is 20.1 Å². The molecule has 0 atom stereocenters. The molecular weight excluding hydrogens is 192 g/mol. The molecule has 0 radical (unpaired) electrons. The maximum absolute atomic E-state index is 10.6. The summed E-state index contributed by atoms with van der Waals surface area (Å²) in [5, 5.41) is 0. The molecule has 72 valence electrons. The van der Waals surface area contributed by atoms with E-state index >= 15 is 0 Å². The fraction of sp³-hybridized carbons (Fsp3) is 0.250. The van der Waals surface area contributed by atoms with Crippen molar-refractivity contribution in [2.24, 2.45) is 0 Å². The van der Waals surface area contributed by atoms with E-state index in [2.05, 4.69) is 0 Å². The van der Waals surface area contributed by atoms with E-state index in [1.807, 2.05) is 0 Å². The quantitative estimate of drug-likeness (QED) is 0.745. The Kier molecular flexibility index (Phi) is 3.02. The Balaban J connectivity index is 2.94. The minimum absolute atomic E-state index is 0.104. The molecule has 0 amide bonds. The lowest BCUT2D eigenvalue weighted by Crippen LogP contribution is -1.98. The van der Waals surface area contributed by atoms with Crippen molar-refractivity contribution in [1.82, 2.24) is 0 Å². The molecule has 0 heterocycles. The molecule has 1 N–H and O–H groups in total.